The summed E-state index contributed by atoms with van der Waals surface area (Å²) in [5, 5.41) is 0. The number of aldehydes is 1. The first-order chi connectivity index (χ1) is 11.0. The van der Waals surface area contributed by atoms with E-state index in [1.807, 2.05) is 27.7 Å². The Kier molecular flexibility index (Phi) is 15.1. The lowest BCUT2D eigenvalue weighted by molar-refractivity contribution is -0.135. The first-order valence-corrected chi connectivity index (χ1v) is 9.14. The molecule has 0 heterocycles. The lowest BCUT2D eigenvalue weighted by atomic mass is 9.80. The molecule has 1 aliphatic rings. The maximum Gasteiger partial charge on any atom is 0.225 e. The average molecular weight is 328 g/mol. The van der Waals surface area contributed by atoms with Gasteiger partial charge in [-0.05, 0) is 38.5 Å². The van der Waals surface area contributed by atoms with E-state index in [4.69, 9.17) is 0 Å². The van der Waals surface area contributed by atoms with Gasteiger partial charge in [-0.15, -0.1) is 0 Å². The Balaban J connectivity index is 0. The Morgan fingerprint density at radius 1 is 1.09 bits per heavy atom. The Hall–Kier alpha value is -1.19. The van der Waals surface area contributed by atoms with Crippen LogP contribution < -0.4 is 0 Å². The van der Waals surface area contributed by atoms with Gasteiger partial charge in [0, 0.05) is 31.8 Å². The normalized spacial score (nSPS) is 20.8. The molecule has 0 radical (unpaired) electrons. The summed E-state index contributed by atoms with van der Waals surface area (Å²) in [7, 11) is 1.81. The number of amides is 1. The third kappa shape index (κ3) is 9.52. The van der Waals surface area contributed by atoms with Crippen LogP contribution >= 0.6 is 0 Å². The summed E-state index contributed by atoms with van der Waals surface area (Å²) in [6.07, 6.45) is 5.03. The fourth-order valence-electron chi connectivity index (χ4n) is 2.85. The summed E-state index contributed by atoms with van der Waals surface area (Å²) in [5.41, 5.74) is 0. The Morgan fingerprint density at radius 2 is 1.57 bits per heavy atom. The maximum absolute atomic E-state index is 12.0. The van der Waals surface area contributed by atoms with Gasteiger partial charge < -0.3 is 9.69 Å². The third-order valence-corrected chi connectivity index (χ3v) is 4.20. The summed E-state index contributed by atoms with van der Waals surface area (Å²) in [6.45, 7) is 12.2. The molecule has 1 amide bonds. The number of rotatable bonds is 6. The number of nitrogens with zero attached hydrogens (tertiary/aromatic N) is 1. The van der Waals surface area contributed by atoms with E-state index in [0.29, 0.717) is 18.1 Å². The molecule has 0 N–H and O–H groups in total. The fraction of sp³-hybridized carbons (Fsp3) is 0.842. The Labute approximate surface area is 143 Å². The molecule has 136 valence electrons. The largest absolute Gasteiger partial charge is 0.345 e. The van der Waals surface area contributed by atoms with Crippen LogP contribution in [0.15, 0.2) is 0 Å². The second kappa shape index (κ2) is 14.4. The van der Waals surface area contributed by atoms with E-state index >= 15 is 0 Å². The van der Waals surface area contributed by atoms with E-state index in [9.17, 15) is 14.4 Å². The number of hydrogen-bond donors (Lipinski definition) is 0. The minimum absolute atomic E-state index is 0.0424. The van der Waals surface area contributed by atoms with Gasteiger partial charge in [-0.1, -0.05) is 34.6 Å². The Morgan fingerprint density at radius 3 is 1.96 bits per heavy atom. The molecule has 1 fully saturated rings. The van der Waals surface area contributed by atoms with Crippen molar-refractivity contribution in [1.82, 2.24) is 4.90 Å². The predicted molar refractivity (Wildman–Crippen MR) is 96.3 cm³/mol. The molecule has 0 aliphatic heterocycles. The standard InChI is InChI=1S/C15H25NO3.2C2H6/c1-11(8-9-17)15(19)16(3)10-13-4-6-14(7-5-13)12(2)18;2*1-2/h9,11,13-14H,4-8,10H2,1-3H3;2*1-2H3. The maximum atomic E-state index is 12.0. The van der Waals surface area contributed by atoms with E-state index in [1.54, 1.807) is 25.8 Å². The number of hydrogen-bond acceptors (Lipinski definition) is 3. The summed E-state index contributed by atoms with van der Waals surface area (Å²) in [5.74, 6) is 0.832. The van der Waals surface area contributed by atoms with Gasteiger partial charge in [-0.3, -0.25) is 9.59 Å². The number of carbonyl (C=O) groups excluding carboxylic acids is 3. The van der Waals surface area contributed by atoms with Gasteiger partial charge in [0.2, 0.25) is 5.91 Å². The highest BCUT2D eigenvalue weighted by atomic mass is 16.2. The molecule has 0 saturated heterocycles. The molecule has 0 aromatic carbocycles. The summed E-state index contributed by atoms with van der Waals surface area (Å²) >= 11 is 0. The number of ketones is 1. The van der Waals surface area contributed by atoms with Crippen LogP contribution in [-0.4, -0.2) is 36.5 Å². The first-order valence-electron chi connectivity index (χ1n) is 9.14. The van der Waals surface area contributed by atoms with Gasteiger partial charge in [0.1, 0.15) is 12.1 Å². The molecule has 1 saturated carbocycles. The van der Waals surface area contributed by atoms with Gasteiger partial charge in [0.25, 0.3) is 0 Å². The zero-order valence-electron chi connectivity index (χ0n) is 16.2. The van der Waals surface area contributed by atoms with Crippen LogP contribution in [0.4, 0.5) is 0 Å². The van der Waals surface area contributed by atoms with Crippen molar-refractivity contribution in [2.24, 2.45) is 17.8 Å². The van der Waals surface area contributed by atoms with Crippen LogP contribution in [0.3, 0.4) is 0 Å². The quantitative estimate of drug-likeness (QED) is 0.690. The van der Waals surface area contributed by atoms with Gasteiger partial charge in [0.15, 0.2) is 0 Å². The molecular formula is C19H37NO3. The highest BCUT2D eigenvalue weighted by Crippen LogP contribution is 2.29. The molecule has 1 aliphatic carbocycles. The average Bonchev–Trinajstić information content (AvgIpc) is 2.58. The molecule has 4 nitrogen and oxygen atoms in total. The summed E-state index contributed by atoms with van der Waals surface area (Å²) < 4.78 is 0. The first kappa shape index (κ1) is 24.1. The van der Waals surface area contributed by atoms with Crippen molar-refractivity contribution >= 4 is 18.0 Å². The molecular weight excluding hydrogens is 290 g/mol. The molecule has 1 rings (SSSR count). The van der Waals surface area contributed by atoms with Crippen LogP contribution in [-0.2, 0) is 14.4 Å². The van der Waals surface area contributed by atoms with E-state index in [0.717, 1.165) is 38.5 Å². The van der Waals surface area contributed by atoms with Crippen LogP contribution in [0.25, 0.3) is 0 Å². The van der Waals surface area contributed by atoms with Crippen LogP contribution in [0.1, 0.15) is 73.6 Å². The second-order valence-corrected chi connectivity index (χ2v) is 5.85. The van der Waals surface area contributed by atoms with Crippen molar-refractivity contribution in [3.05, 3.63) is 0 Å². The topological polar surface area (TPSA) is 54.5 Å². The van der Waals surface area contributed by atoms with Crippen LogP contribution in [0.5, 0.6) is 0 Å². The minimum Gasteiger partial charge on any atom is -0.345 e. The van der Waals surface area contributed by atoms with Gasteiger partial charge in [-0.2, -0.15) is 0 Å². The van der Waals surface area contributed by atoms with Gasteiger partial charge in [0.05, 0.1) is 0 Å². The molecule has 23 heavy (non-hydrogen) atoms. The SMILES string of the molecule is CC.CC.CC(=O)C1CCC(CN(C)C(=O)C(C)CC=O)CC1. The monoisotopic (exact) mass is 327 g/mol. The van der Waals surface area contributed by atoms with Crippen molar-refractivity contribution in [3.63, 3.8) is 0 Å². The van der Waals surface area contributed by atoms with Crippen LogP contribution in [0, 0.1) is 17.8 Å². The molecule has 4 heteroatoms. The molecule has 1 atom stereocenters. The molecule has 0 aromatic heterocycles. The van der Waals surface area contributed by atoms with E-state index in [-0.39, 0.29) is 17.7 Å². The predicted octanol–water partition coefficient (Wildman–Crippen LogP) is 4.12. The van der Waals surface area contributed by atoms with Crippen LogP contribution in [0.2, 0.25) is 0 Å². The van der Waals surface area contributed by atoms with Crippen molar-refractivity contribution in [3.8, 4) is 0 Å². The number of Topliss-reactive ketones (excluding diaryl/α,β-unsaturated/α-hetero) is 1. The third-order valence-electron chi connectivity index (χ3n) is 4.20. The lowest BCUT2D eigenvalue weighted by Crippen LogP contribution is -2.37. The highest BCUT2D eigenvalue weighted by molar-refractivity contribution is 5.80. The van der Waals surface area contributed by atoms with Crippen molar-refractivity contribution in [2.75, 3.05) is 13.6 Å². The zero-order chi connectivity index (χ0) is 18.4. The molecule has 0 spiro atoms. The van der Waals surface area contributed by atoms with E-state index < -0.39 is 0 Å². The zero-order valence-corrected chi connectivity index (χ0v) is 16.2. The summed E-state index contributed by atoms with van der Waals surface area (Å²) in [6, 6.07) is 0. The minimum atomic E-state index is -0.226. The van der Waals surface area contributed by atoms with Crippen molar-refractivity contribution < 1.29 is 14.4 Å². The van der Waals surface area contributed by atoms with Gasteiger partial charge >= 0.3 is 0 Å². The van der Waals surface area contributed by atoms with E-state index in [2.05, 4.69) is 0 Å². The Bertz CT molecular complexity index is 334. The van der Waals surface area contributed by atoms with Gasteiger partial charge in [-0.25, -0.2) is 0 Å². The second-order valence-electron chi connectivity index (χ2n) is 5.85. The van der Waals surface area contributed by atoms with Crippen molar-refractivity contribution in [1.29, 1.82) is 0 Å². The molecule has 1 unspecified atom stereocenters. The highest BCUT2D eigenvalue weighted by Gasteiger charge is 2.26. The smallest absolute Gasteiger partial charge is 0.225 e. The van der Waals surface area contributed by atoms with E-state index in [1.165, 1.54) is 0 Å². The number of carbonyl (C=O) groups is 3. The summed E-state index contributed by atoms with van der Waals surface area (Å²) in [4.78, 5) is 35.5. The molecule has 0 bridgehead atoms. The lowest BCUT2D eigenvalue weighted by Gasteiger charge is -2.31. The fourth-order valence-corrected chi connectivity index (χ4v) is 2.85. The van der Waals surface area contributed by atoms with Crippen molar-refractivity contribution in [2.45, 2.75) is 73.6 Å². The molecule has 0 aromatic rings.